The van der Waals surface area contributed by atoms with Crippen LogP contribution in [0.25, 0.3) is 0 Å². The van der Waals surface area contributed by atoms with Crippen LogP contribution >= 0.6 is 22.2 Å². The fourth-order valence-electron chi connectivity index (χ4n) is 1.57. The Morgan fingerprint density at radius 2 is 2.24 bits per heavy atom. The smallest absolute Gasteiger partial charge is 0.264 e. The third-order valence-corrected chi connectivity index (χ3v) is 4.57. The second-order valence-corrected chi connectivity index (χ2v) is 7.23. The number of aromatic nitrogens is 2. The number of ether oxygens (including phenoxy) is 1. The highest BCUT2D eigenvalue weighted by Gasteiger charge is 2.15. The lowest BCUT2D eigenvalue weighted by atomic mass is 10.2. The quantitative estimate of drug-likeness (QED) is 0.821. The van der Waals surface area contributed by atoms with Crippen molar-refractivity contribution in [1.82, 2.24) is 14.9 Å². The molecule has 2 aromatic rings. The van der Waals surface area contributed by atoms with Crippen LogP contribution in [0, 0.1) is 0 Å². The van der Waals surface area contributed by atoms with Crippen molar-refractivity contribution in [2.45, 2.75) is 11.4 Å². The number of carbonyl (C=O) groups is 1. The molecular weight excluding hydrogens is 338 g/mol. The van der Waals surface area contributed by atoms with Gasteiger partial charge in [0.2, 0.25) is 0 Å². The molecule has 0 unspecified atom stereocenters. The van der Waals surface area contributed by atoms with E-state index in [1.54, 1.807) is 0 Å². The molecule has 0 saturated heterocycles. The van der Waals surface area contributed by atoms with E-state index < -0.39 is 9.05 Å². The van der Waals surface area contributed by atoms with Crippen LogP contribution < -0.4 is 10.1 Å². The maximum absolute atomic E-state index is 11.8. The molecule has 112 valence electrons. The van der Waals surface area contributed by atoms with Crippen molar-refractivity contribution in [2.75, 3.05) is 7.11 Å². The molecule has 0 aliphatic carbocycles. The molecular formula is C11H10ClN3O4S2. The normalized spacial score (nSPS) is 11.1. The molecule has 1 heterocycles. The van der Waals surface area contributed by atoms with Gasteiger partial charge in [0.15, 0.2) is 0 Å². The molecule has 0 radical (unpaired) electrons. The highest BCUT2D eigenvalue weighted by atomic mass is 35.7. The maximum Gasteiger partial charge on any atom is 0.264 e. The van der Waals surface area contributed by atoms with Crippen LogP contribution in [0.4, 0.5) is 0 Å². The predicted octanol–water partition coefficient (Wildman–Crippen LogP) is 1.40. The van der Waals surface area contributed by atoms with Crippen molar-refractivity contribution in [3.05, 3.63) is 34.8 Å². The number of nitrogens with one attached hydrogen (secondary N) is 1. The van der Waals surface area contributed by atoms with Gasteiger partial charge in [-0.2, -0.15) is 0 Å². The van der Waals surface area contributed by atoms with Gasteiger partial charge in [-0.05, 0) is 29.7 Å². The van der Waals surface area contributed by atoms with E-state index in [0.717, 1.165) is 11.5 Å². The van der Waals surface area contributed by atoms with E-state index in [4.69, 9.17) is 15.4 Å². The topological polar surface area (TPSA) is 98.2 Å². The fourth-order valence-corrected chi connectivity index (χ4v) is 2.81. The Labute approximate surface area is 129 Å². The third-order valence-electron chi connectivity index (χ3n) is 2.56. The largest absolute Gasteiger partial charge is 0.496 e. The standard InChI is InChI=1S/C11H10ClN3O4S2/c1-19-9-3-2-8(21(12,17)18)4-7(9)5-13-11(16)10-6-14-15-20-10/h2-4,6H,5H2,1H3,(H,13,16). The molecule has 0 aliphatic heterocycles. The van der Waals surface area contributed by atoms with Crippen molar-refractivity contribution < 1.29 is 17.9 Å². The van der Waals surface area contributed by atoms with E-state index >= 15 is 0 Å². The van der Waals surface area contributed by atoms with Gasteiger partial charge in [-0.15, -0.1) is 5.10 Å². The number of carbonyl (C=O) groups excluding carboxylic acids is 1. The Bertz CT molecular complexity index is 747. The molecule has 0 aliphatic rings. The molecule has 0 fully saturated rings. The Hall–Kier alpha value is -1.71. The lowest BCUT2D eigenvalue weighted by molar-refractivity contribution is 0.0954. The van der Waals surface area contributed by atoms with Gasteiger partial charge in [-0.25, -0.2) is 8.42 Å². The number of methoxy groups -OCH3 is 1. The summed E-state index contributed by atoms with van der Waals surface area (Å²) in [4.78, 5) is 12.1. The van der Waals surface area contributed by atoms with Gasteiger partial charge >= 0.3 is 0 Å². The van der Waals surface area contributed by atoms with E-state index in [1.807, 2.05) is 0 Å². The summed E-state index contributed by atoms with van der Waals surface area (Å²) in [5.41, 5.74) is 0.491. The van der Waals surface area contributed by atoms with Crippen LogP contribution in [0.15, 0.2) is 29.3 Å². The first-order valence-corrected chi connectivity index (χ1v) is 8.67. The van der Waals surface area contributed by atoms with Crippen LogP contribution in [0.2, 0.25) is 0 Å². The summed E-state index contributed by atoms with van der Waals surface area (Å²) in [6.07, 6.45) is 1.34. The molecule has 1 aromatic heterocycles. The van der Waals surface area contributed by atoms with E-state index in [0.29, 0.717) is 16.2 Å². The van der Waals surface area contributed by atoms with Gasteiger partial charge in [0, 0.05) is 22.8 Å². The Morgan fingerprint density at radius 3 is 2.81 bits per heavy atom. The van der Waals surface area contributed by atoms with Crippen LogP contribution in [0.1, 0.15) is 15.2 Å². The van der Waals surface area contributed by atoms with Crippen LogP contribution in [-0.4, -0.2) is 31.0 Å². The SMILES string of the molecule is COc1ccc(S(=O)(=O)Cl)cc1CNC(=O)c1cnns1. The summed E-state index contributed by atoms with van der Waals surface area (Å²) in [7, 11) is 2.90. The lowest BCUT2D eigenvalue weighted by Gasteiger charge is -2.10. The van der Waals surface area contributed by atoms with Gasteiger partial charge in [0.25, 0.3) is 15.0 Å². The van der Waals surface area contributed by atoms with Gasteiger partial charge in [0.05, 0.1) is 18.2 Å². The van der Waals surface area contributed by atoms with E-state index in [9.17, 15) is 13.2 Å². The zero-order valence-electron chi connectivity index (χ0n) is 10.7. The zero-order valence-corrected chi connectivity index (χ0v) is 13.1. The maximum atomic E-state index is 11.8. The summed E-state index contributed by atoms with van der Waals surface area (Å²) in [6.45, 7) is 0.0835. The summed E-state index contributed by atoms with van der Waals surface area (Å²) >= 11 is 0.962. The molecule has 1 amide bonds. The van der Waals surface area contributed by atoms with Crippen molar-refractivity contribution >= 4 is 37.2 Å². The van der Waals surface area contributed by atoms with Crippen molar-refractivity contribution in [2.24, 2.45) is 0 Å². The van der Waals surface area contributed by atoms with Crippen LogP contribution in [-0.2, 0) is 15.6 Å². The average molecular weight is 348 g/mol. The van der Waals surface area contributed by atoms with Crippen LogP contribution in [0.5, 0.6) is 5.75 Å². The molecule has 0 saturated carbocycles. The molecule has 0 spiro atoms. The van der Waals surface area contributed by atoms with E-state index in [-0.39, 0.29) is 17.3 Å². The van der Waals surface area contributed by atoms with Gasteiger partial charge in [-0.1, -0.05) is 4.49 Å². The van der Waals surface area contributed by atoms with E-state index in [1.165, 1.54) is 31.5 Å². The van der Waals surface area contributed by atoms with Gasteiger partial charge in [0.1, 0.15) is 10.6 Å². The van der Waals surface area contributed by atoms with Gasteiger partial charge in [-0.3, -0.25) is 4.79 Å². The minimum absolute atomic E-state index is 0.0614. The molecule has 7 nitrogen and oxygen atoms in total. The molecule has 1 N–H and O–H groups in total. The summed E-state index contributed by atoms with van der Waals surface area (Å²) in [6, 6.07) is 4.16. The molecule has 2 rings (SSSR count). The summed E-state index contributed by atoms with van der Waals surface area (Å²) in [5.74, 6) is 0.0907. The highest BCUT2D eigenvalue weighted by molar-refractivity contribution is 8.13. The fraction of sp³-hybridized carbons (Fsp3) is 0.182. The Morgan fingerprint density at radius 1 is 1.48 bits per heavy atom. The van der Waals surface area contributed by atoms with Crippen molar-refractivity contribution in [3.63, 3.8) is 0 Å². The first-order valence-electron chi connectivity index (χ1n) is 5.59. The number of halogens is 1. The lowest BCUT2D eigenvalue weighted by Crippen LogP contribution is -2.22. The molecule has 10 heteroatoms. The minimum Gasteiger partial charge on any atom is -0.496 e. The number of benzene rings is 1. The zero-order chi connectivity index (χ0) is 15.5. The van der Waals surface area contributed by atoms with E-state index in [2.05, 4.69) is 14.9 Å². The number of nitrogens with zero attached hydrogens (tertiary/aromatic N) is 2. The first-order chi connectivity index (χ1) is 9.91. The average Bonchev–Trinajstić information content (AvgIpc) is 2.97. The second kappa shape index (κ2) is 6.37. The monoisotopic (exact) mass is 347 g/mol. The summed E-state index contributed by atoms with van der Waals surface area (Å²) < 4.78 is 31.4. The minimum atomic E-state index is -3.85. The Kier molecular flexibility index (Phi) is 4.76. The summed E-state index contributed by atoms with van der Waals surface area (Å²) in [5, 5.41) is 6.19. The number of rotatable bonds is 5. The first kappa shape index (κ1) is 15.7. The number of hydrogen-bond donors (Lipinski definition) is 1. The van der Waals surface area contributed by atoms with Gasteiger partial charge < -0.3 is 10.1 Å². The predicted molar refractivity (Wildman–Crippen MR) is 77.1 cm³/mol. The number of hydrogen-bond acceptors (Lipinski definition) is 7. The Balaban J connectivity index is 2.20. The van der Waals surface area contributed by atoms with Crippen molar-refractivity contribution in [3.8, 4) is 5.75 Å². The third kappa shape index (κ3) is 3.90. The number of amides is 1. The van der Waals surface area contributed by atoms with Crippen LogP contribution in [0.3, 0.4) is 0 Å². The van der Waals surface area contributed by atoms with Crippen molar-refractivity contribution in [1.29, 1.82) is 0 Å². The molecule has 0 bridgehead atoms. The second-order valence-electron chi connectivity index (χ2n) is 3.88. The molecule has 21 heavy (non-hydrogen) atoms. The molecule has 1 aromatic carbocycles. The highest BCUT2D eigenvalue weighted by Crippen LogP contribution is 2.24. The molecule has 0 atom stereocenters.